The van der Waals surface area contributed by atoms with Gasteiger partial charge >= 0.3 is 0 Å². The zero-order valence-electron chi connectivity index (χ0n) is 15.3. The minimum atomic E-state index is -0.000822. The third-order valence-corrected chi connectivity index (χ3v) is 3.89. The summed E-state index contributed by atoms with van der Waals surface area (Å²) in [4.78, 5) is 21.0. The van der Waals surface area contributed by atoms with Crippen LogP contribution < -0.4 is 11.1 Å². The van der Waals surface area contributed by atoms with E-state index in [4.69, 9.17) is 5.73 Å². The number of unbranched alkanes of at least 4 members (excludes halogenated alkanes) is 1. The number of halogens is 1. The molecule has 25 heavy (non-hydrogen) atoms. The van der Waals surface area contributed by atoms with Crippen LogP contribution in [0.5, 0.6) is 0 Å². The van der Waals surface area contributed by atoms with Crippen molar-refractivity contribution in [2.75, 3.05) is 13.1 Å². The Bertz CT molecular complexity index is 708. The van der Waals surface area contributed by atoms with Gasteiger partial charge in [0.1, 0.15) is 0 Å². The maximum Gasteiger partial charge on any atom is 0.251 e. The fourth-order valence-corrected chi connectivity index (χ4v) is 2.65. The molecule has 0 radical (unpaired) electrons. The molecule has 0 aliphatic heterocycles. The average molecular weight is 367 g/mol. The molecule has 8 heteroatoms. The highest BCUT2D eigenvalue weighted by Gasteiger charge is 2.17. The second-order valence-corrected chi connectivity index (χ2v) is 6.03. The number of nitrogens with one attached hydrogen (secondary N) is 1. The van der Waals surface area contributed by atoms with Crippen molar-refractivity contribution in [3.8, 4) is 5.95 Å². The number of aromatic nitrogens is 4. The highest BCUT2D eigenvalue weighted by atomic mass is 35.5. The Morgan fingerprint density at radius 1 is 1.16 bits per heavy atom. The lowest BCUT2D eigenvalue weighted by atomic mass is 10.1. The summed E-state index contributed by atoms with van der Waals surface area (Å²) < 4.78 is 1.71. The second-order valence-electron chi connectivity index (χ2n) is 6.03. The minimum absolute atomic E-state index is 0. The van der Waals surface area contributed by atoms with Crippen LogP contribution in [-0.2, 0) is 11.2 Å². The lowest BCUT2D eigenvalue weighted by Crippen LogP contribution is -2.26. The van der Waals surface area contributed by atoms with Crippen molar-refractivity contribution in [3.63, 3.8) is 0 Å². The number of hydrogen-bond donors (Lipinski definition) is 2. The van der Waals surface area contributed by atoms with Gasteiger partial charge in [-0.15, -0.1) is 12.4 Å². The normalized spacial score (nSPS) is 10.4. The van der Waals surface area contributed by atoms with E-state index in [1.807, 2.05) is 33.8 Å². The third-order valence-electron chi connectivity index (χ3n) is 3.89. The van der Waals surface area contributed by atoms with Crippen molar-refractivity contribution < 1.29 is 4.79 Å². The molecule has 2 aromatic rings. The summed E-state index contributed by atoms with van der Waals surface area (Å²) in [6.07, 6.45) is 2.13. The fraction of sp³-hybridized carbons (Fsp3) is 0.529. The van der Waals surface area contributed by atoms with Crippen LogP contribution in [0.2, 0.25) is 0 Å². The summed E-state index contributed by atoms with van der Waals surface area (Å²) in [5.74, 6) is 0.543. The number of carbonyl (C=O) groups is 1. The fourth-order valence-electron chi connectivity index (χ4n) is 2.65. The molecule has 2 heterocycles. The van der Waals surface area contributed by atoms with Crippen LogP contribution in [0.3, 0.4) is 0 Å². The number of rotatable bonds is 7. The number of nitrogens with two attached hydrogens (primary N) is 1. The van der Waals surface area contributed by atoms with Gasteiger partial charge in [0.15, 0.2) is 0 Å². The summed E-state index contributed by atoms with van der Waals surface area (Å²) >= 11 is 0. The zero-order valence-corrected chi connectivity index (χ0v) is 16.1. The molecule has 0 saturated carbocycles. The van der Waals surface area contributed by atoms with Gasteiger partial charge in [-0.25, -0.2) is 14.6 Å². The van der Waals surface area contributed by atoms with E-state index in [0.717, 1.165) is 41.2 Å². The molecule has 3 N–H and O–H groups in total. The smallest absolute Gasteiger partial charge is 0.251 e. The third kappa shape index (κ3) is 5.51. The van der Waals surface area contributed by atoms with Crippen molar-refractivity contribution in [2.45, 2.75) is 47.0 Å². The molecule has 0 fully saturated rings. The molecule has 1 amide bonds. The monoisotopic (exact) mass is 366 g/mol. The molecule has 7 nitrogen and oxygen atoms in total. The lowest BCUT2D eigenvalue weighted by Gasteiger charge is -2.07. The first-order valence-electron chi connectivity index (χ1n) is 8.27. The first-order valence-corrected chi connectivity index (χ1v) is 8.27. The minimum Gasteiger partial charge on any atom is -0.356 e. The van der Waals surface area contributed by atoms with E-state index in [1.54, 1.807) is 4.68 Å². The van der Waals surface area contributed by atoms with Gasteiger partial charge in [0.05, 0.1) is 12.1 Å². The maximum atomic E-state index is 12.1. The highest BCUT2D eigenvalue weighted by Crippen LogP contribution is 2.17. The van der Waals surface area contributed by atoms with Gasteiger partial charge < -0.3 is 11.1 Å². The van der Waals surface area contributed by atoms with Crippen LogP contribution in [0.4, 0.5) is 0 Å². The van der Waals surface area contributed by atoms with E-state index in [2.05, 4.69) is 20.4 Å². The van der Waals surface area contributed by atoms with Crippen LogP contribution in [-0.4, -0.2) is 38.7 Å². The Hall–Kier alpha value is -1.99. The standard InChI is InChI=1S/C17H26N6O.ClH/c1-11-9-12(2)21-17(20-11)23-14(4)15(13(3)22-23)10-16(24)19-8-6-5-7-18;/h9H,5-8,10,18H2,1-4H3,(H,19,24);1H. The summed E-state index contributed by atoms with van der Waals surface area (Å²) in [5, 5.41) is 7.45. The van der Waals surface area contributed by atoms with Crippen molar-refractivity contribution in [1.29, 1.82) is 0 Å². The number of amides is 1. The predicted octanol–water partition coefficient (Wildman–Crippen LogP) is 1.72. The van der Waals surface area contributed by atoms with Crippen LogP contribution in [0.1, 0.15) is 41.2 Å². The Morgan fingerprint density at radius 2 is 1.80 bits per heavy atom. The molecule has 0 unspecified atom stereocenters. The molecule has 2 aromatic heterocycles. The summed E-state index contributed by atoms with van der Waals surface area (Å²) in [5.41, 5.74) is 9.89. The van der Waals surface area contributed by atoms with Gasteiger partial charge in [0.25, 0.3) is 5.95 Å². The molecule has 0 bridgehead atoms. The molecule has 2 rings (SSSR count). The zero-order chi connectivity index (χ0) is 17.7. The largest absolute Gasteiger partial charge is 0.356 e. The predicted molar refractivity (Wildman–Crippen MR) is 100 cm³/mol. The molecular formula is C17H27ClN6O. The van der Waals surface area contributed by atoms with E-state index in [9.17, 15) is 4.79 Å². The van der Waals surface area contributed by atoms with Crippen LogP contribution >= 0.6 is 12.4 Å². The van der Waals surface area contributed by atoms with E-state index < -0.39 is 0 Å². The lowest BCUT2D eigenvalue weighted by molar-refractivity contribution is -0.120. The molecule has 0 saturated heterocycles. The first kappa shape index (κ1) is 21.1. The SMILES string of the molecule is Cc1cc(C)nc(-n2nc(C)c(CC(=O)NCCCCN)c2C)n1.Cl. The quantitative estimate of drug-likeness (QED) is 0.727. The first-order chi connectivity index (χ1) is 11.4. The molecule has 0 aromatic carbocycles. The van der Waals surface area contributed by atoms with Crippen LogP contribution in [0.15, 0.2) is 6.07 Å². The summed E-state index contributed by atoms with van der Waals surface area (Å²) in [7, 11) is 0. The Labute approximate surface area is 154 Å². The van der Waals surface area contributed by atoms with Gasteiger partial charge in [-0.2, -0.15) is 5.10 Å². The van der Waals surface area contributed by atoms with Gasteiger partial charge in [-0.3, -0.25) is 4.79 Å². The van der Waals surface area contributed by atoms with Crippen LogP contribution in [0, 0.1) is 27.7 Å². The number of nitrogens with zero attached hydrogens (tertiary/aromatic N) is 4. The molecule has 0 aliphatic rings. The second kappa shape index (κ2) is 9.48. The maximum absolute atomic E-state index is 12.1. The van der Waals surface area contributed by atoms with Gasteiger partial charge in [-0.05, 0) is 53.1 Å². The van der Waals surface area contributed by atoms with E-state index >= 15 is 0 Å². The highest BCUT2D eigenvalue weighted by molar-refractivity contribution is 5.85. The van der Waals surface area contributed by atoms with E-state index in [0.29, 0.717) is 25.5 Å². The van der Waals surface area contributed by atoms with Crippen LogP contribution in [0.25, 0.3) is 5.95 Å². The Kier molecular flexibility index (Phi) is 7.99. The topological polar surface area (TPSA) is 98.7 Å². The van der Waals surface area contributed by atoms with Crippen molar-refractivity contribution in [2.24, 2.45) is 5.73 Å². The van der Waals surface area contributed by atoms with Gasteiger partial charge in [0.2, 0.25) is 5.91 Å². The molecule has 0 spiro atoms. The molecule has 0 aliphatic carbocycles. The van der Waals surface area contributed by atoms with Gasteiger partial charge in [-0.1, -0.05) is 0 Å². The average Bonchev–Trinajstić information content (AvgIpc) is 2.79. The Balaban J connectivity index is 0.00000312. The Morgan fingerprint density at radius 3 is 2.40 bits per heavy atom. The summed E-state index contributed by atoms with van der Waals surface area (Å²) in [6, 6.07) is 1.92. The number of carbonyl (C=O) groups excluding carboxylic acids is 1. The van der Waals surface area contributed by atoms with Crippen molar-refractivity contribution >= 4 is 18.3 Å². The number of aryl methyl sites for hydroxylation is 3. The van der Waals surface area contributed by atoms with Crippen molar-refractivity contribution in [1.82, 2.24) is 25.1 Å². The molecule has 138 valence electrons. The molecular weight excluding hydrogens is 340 g/mol. The summed E-state index contributed by atoms with van der Waals surface area (Å²) in [6.45, 7) is 9.01. The van der Waals surface area contributed by atoms with Gasteiger partial charge in [0, 0.05) is 29.2 Å². The number of hydrogen-bond acceptors (Lipinski definition) is 5. The van der Waals surface area contributed by atoms with E-state index in [-0.39, 0.29) is 18.3 Å². The van der Waals surface area contributed by atoms with E-state index in [1.165, 1.54) is 0 Å². The van der Waals surface area contributed by atoms with Crippen molar-refractivity contribution in [3.05, 3.63) is 34.4 Å². The molecule has 0 atom stereocenters.